The van der Waals surface area contributed by atoms with E-state index in [9.17, 15) is 9.90 Å². The molecule has 0 spiro atoms. The standard InChI is InChI=1S/C14H14ClN3O2/c1-8-10(3-2-9(6-16)13(8)15)18-7-11-12(19)4-5-17(11)14(18)20/h2-3,11-12,19H,4-5,7H2,1H3/t11?,12-/m1/s1. The first-order valence-electron chi connectivity index (χ1n) is 6.50. The van der Waals surface area contributed by atoms with Crippen molar-refractivity contribution in [2.24, 2.45) is 0 Å². The second-order valence-corrected chi connectivity index (χ2v) is 5.57. The number of nitrogens with zero attached hydrogens (tertiary/aromatic N) is 3. The van der Waals surface area contributed by atoms with Crippen LogP contribution in [0.5, 0.6) is 0 Å². The summed E-state index contributed by atoms with van der Waals surface area (Å²) in [6.07, 6.45) is 0.176. The van der Waals surface area contributed by atoms with Crippen molar-refractivity contribution in [3.63, 3.8) is 0 Å². The third-order valence-electron chi connectivity index (χ3n) is 4.13. The van der Waals surface area contributed by atoms with Gasteiger partial charge in [0.25, 0.3) is 0 Å². The molecule has 0 aliphatic carbocycles. The first kappa shape index (κ1) is 13.2. The summed E-state index contributed by atoms with van der Waals surface area (Å²) in [6.45, 7) is 2.85. The molecule has 0 bridgehead atoms. The van der Waals surface area contributed by atoms with Crippen LogP contribution in [0.1, 0.15) is 17.5 Å². The van der Waals surface area contributed by atoms with Gasteiger partial charge in [0, 0.05) is 12.2 Å². The summed E-state index contributed by atoms with van der Waals surface area (Å²) in [7, 11) is 0. The van der Waals surface area contributed by atoms with Crippen LogP contribution in [-0.2, 0) is 0 Å². The number of urea groups is 1. The van der Waals surface area contributed by atoms with Crippen molar-refractivity contribution in [3.05, 3.63) is 28.3 Å². The van der Waals surface area contributed by atoms with E-state index < -0.39 is 6.10 Å². The number of carbonyl (C=O) groups is 1. The molecule has 3 rings (SSSR count). The van der Waals surface area contributed by atoms with Gasteiger partial charge in [-0.15, -0.1) is 0 Å². The molecular formula is C14H14ClN3O2. The van der Waals surface area contributed by atoms with Crippen LogP contribution in [0, 0.1) is 18.3 Å². The Balaban J connectivity index is 1.98. The molecule has 20 heavy (non-hydrogen) atoms. The molecule has 2 fully saturated rings. The lowest BCUT2D eigenvalue weighted by Crippen LogP contribution is -2.33. The van der Waals surface area contributed by atoms with Gasteiger partial charge in [0.05, 0.1) is 29.3 Å². The minimum absolute atomic E-state index is 0.101. The van der Waals surface area contributed by atoms with Gasteiger partial charge < -0.3 is 10.0 Å². The highest BCUT2D eigenvalue weighted by molar-refractivity contribution is 6.33. The fraction of sp³-hybridized carbons (Fsp3) is 0.429. The fourth-order valence-electron chi connectivity index (χ4n) is 2.97. The second kappa shape index (κ2) is 4.65. The van der Waals surface area contributed by atoms with Crippen molar-refractivity contribution in [2.75, 3.05) is 18.0 Å². The zero-order valence-electron chi connectivity index (χ0n) is 11.0. The molecule has 1 N–H and O–H groups in total. The highest BCUT2D eigenvalue weighted by atomic mass is 35.5. The molecule has 2 aliphatic rings. The zero-order chi connectivity index (χ0) is 14.4. The molecule has 0 radical (unpaired) electrons. The maximum absolute atomic E-state index is 12.4. The molecule has 2 heterocycles. The Hall–Kier alpha value is -1.77. The van der Waals surface area contributed by atoms with E-state index in [1.165, 1.54) is 0 Å². The van der Waals surface area contributed by atoms with E-state index in [-0.39, 0.29) is 12.1 Å². The van der Waals surface area contributed by atoms with Gasteiger partial charge in [0.15, 0.2) is 0 Å². The number of aliphatic hydroxyl groups excluding tert-OH is 1. The van der Waals surface area contributed by atoms with E-state index in [1.54, 1.807) is 28.9 Å². The maximum atomic E-state index is 12.4. The lowest BCUT2D eigenvalue weighted by molar-refractivity contribution is 0.144. The molecule has 0 aromatic heterocycles. The number of fused-ring (bicyclic) bond motifs is 1. The summed E-state index contributed by atoms with van der Waals surface area (Å²) in [5, 5.41) is 19.2. The van der Waals surface area contributed by atoms with Crippen molar-refractivity contribution >= 4 is 23.3 Å². The van der Waals surface area contributed by atoms with Crippen molar-refractivity contribution in [1.29, 1.82) is 5.26 Å². The third kappa shape index (κ3) is 1.76. The van der Waals surface area contributed by atoms with Crippen molar-refractivity contribution in [1.82, 2.24) is 4.90 Å². The fourth-order valence-corrected chi connectivity index (χ4v) is 3.17. The number of anilines is 1. The predicted octanol–water partition coefficient (Wildman–Crippen LogP) is 1.90. The highest BCUT2D eigenvalue weighted by Gasteiger charge is 2.45. The summed E-state index contributed by atoms with van der Waals surface area (Å²) in [5.74, 6) is 0. The van der Waals surface area contributed by atoms with Gasteiger partial charge in [-0.1, -0.05) is 11.6 Å². The van der Waals surface area contributed by atoms with Gasteiger partial charge in [0.1, 0.15) is 6.07 Å². The van der Waals surface area contributed by atoms with Crippen LogP contribution >= 0.6 is 11.6 Å². The number of amides is 2. The molecule has 1 aromatic carbocycles. The summed E-state index contributed by atoms with van der Waals surface area (Å²) >= 11 is 6.15. The molecule has 6 heteroatoms. The minimum atomic E-state index is -0.460. The van der Waals surface area contributed by atoms with Crippen LogP contribution < -0.4 is 4.90 Å². The van der Waals surface area contributed by atoms with Crippen LogP contribution in [0.25, 0.3) is 0 Å². The molecular weight excluding hydrogens is 278 g/mol. The van der Waals surface area contributed by atoms with Crippen LogP contribution in [0.15, 0.2) is 12.1 Å². The Kier molecular flexibility index (Phi) is 3.08. The maximum Gasteiger partial charge on any atom is 0.324 e. The molecule has 2 amide bonds. The largest absolute Gasteiger partial charge is 0.391 e. The quantitative estimate of drug-likeness (QED) is 0.859. The third-order valence-corrected chi connectivity index (χ3v) is 4.61. The van der Waals surface area contributed by atoms with Gasteiger partial charge in [-0.2, -0.15) is 5.26 Å². The monoisotopic (exact) mass is 291 g/mol. The molecule has 1 aromatic rings. The number of rotatable bonds is 1. The highest BCUT2D eigenvalue weighted by Crippen LogP contribution is 2.35. The van der Waals surface area contributed by atoms with E-state index in [2.05, 4.69) is 0 Å². The number of benzene rings is 1. The zero-order valence-corrected chi connectivity index (χ0v) is 11.8. The van der Waals surface area contributed by atoms with Crippen molar-refractivity contribution < 1.29 is 9.90 Å². The number of aliphatic hydroxyl groups is 1. The number of hydrogen-bond acceptors (Lipinski definition) is 3. The van der Waals surface area contributed by atoms with Gasteiger partial charge in [-0.3, -0.25) is 4.90 Å². The molecule has 5 nitrogen and oxygen atoms in total. The van der Waals surface area contributed by atoms with Gasteiger partial charge in [-0.25, -0.2) is 4.79 Å². The summed E-state index contributed by atoms with van der Waals surface area (Å²) in [5.41, 5.74) is 1.83. The van der Waals surface area contributed by atoms with Crippen LogP contribution in [-0.4, -0.2) is 41.3 Å². The average Bonchev–Trinajstić information content (AvgIpc) is 2.95. The van der Waals surface area contributed by atoms with E-state index in [4.69, 9.17) is 16.9 Å². The topological polar surface area (TPSA) is 67.6 Å². The van der Waals surface area contributed by atoms with Crippen LogP contribution in [0.3, 0.4) is 0 Å². The van der Waals surface area contributed by atoms with Gasteiger partial charge in [-0.05, 0) is 31.0 Å². The minimum Gasteiger partial charge on any atom is -0.391 e. The van der Waals surface area contributed by atoms with E-state index in [0.29, 0.717) is 35.8 Å². The smallest absolute Gasteiger partial charge is 0.324 e. The Bertz CT molecular complexity index is 626. The number of hydrogen-bond donors (Lipinski definition) is 1. The second-order valence-electron chi connectivity index (χ2n) is 5.19. The lowest BCUT2D eigenvalue weighted by atomic mass is 10.1. The van der Waals surface area contributed by atoms with Crippen LogP contribution in [0.4, 0.5) is 10.5 Å². The van der Waals surface area contributed by atoms with E-state index >= 15 is 0 Å². The summed E-state index contributed by atoms with van der Waals surface area (Å²) < 4.78 is 0. The SMILES string of the molecule is Cc1c(N2CC3[C@H](O)CCN3C2=O)ccc(C#N)c1Cl. The Morgan fingerprint density at radius 3 is 2.90 bits per heavy atom. The molecule has 2 saturated heterocycles. The van der Waals surface area contributed by atoms with E-state index in [1.807, 2.05) is 6.07 Å². The number of halogens is 1. The Morgan fingerprint density at radius 2 is 2.25 bits per heavy atom. The van der Waals surface area contributed by atoms with Gasteiger partial charge >= 0.3 is 6.03 Å². The average molecular weight is 292 g/mol. The number of carbonyl (C=O) groups excluding carboxylic acids is 1. The molecule has 0 saturated carbocycles. The van der Waals surface area contributed by atoms with Gasteiger partial charge in [0.2, 0.25) is 0 Å². The summed E-state index contributed by atoms with van der Waals surface area (Å²) in [4.78, 5) is 15.7. The van der Waals surface area contributed by atoms with Crippen molar-refractivity contribution in [2.45, 2.75) is 25.5 Å². The first-order chi connectivity index (χ1) is 9.54. The van der Waals surface area contributed by atoms with E-state index in [0.717, 1.165) is 5.56 Å². The lowest BCUT2D eigenvalue weighted by Gasteiger charge is -2.20. The number of nitriles is 1. The first-order valence-corrected chi connectivity index (χ1v) is 6.87. The predicted molar refractivity (Wildman–Crippen MR) is 74.8 cm³/mol. The summed E-state index contributed by atoms with van der Waals surface area (Å²) in [6, 6.07) is 5.15. The molecule has 2 aliphatic heterocycles. The normalized spacial score (nSPS) is 25.0. The van der Waals surface area contributed by atoms with Crippen LogP contribution in [0.2, 0.25) is 5.02 Å². The molecule has 2 atom stereocenters. The molecule has 1 unspecified atom stereocenters. The molecule has 104 valence electrons. The van der Waals surface area contributed by atoms with Crippen molar-refractivity contribution in [3.8, 4) is 6.07 Å². The Labute approximate surface area is 122 Å². The Morgan fingerprint density at radius 1 is 1.50 bits per heavy atom.